The van der Waals surface area contributed by atoms with Crippen molar-refractivity contribution in [3.63, 3.8) is 0 Å². The minimum absolute atomic E-state index is 0.155. The molecule has 0 aromatic heterocycles. The lowest BCUT2D eigenvalue weighted by Gasteiger charge is -2.57. The van der Waals surface area contributed by atoms with Gasteiger partial charge < -0.3 is 9.94 Å². The number of carbonyl (C=O) groups is 1. The van der Waals surface area contributed by atoms with Crippen LogP contribution in [-0.4, -0.2) is 24.0 Å². The van der Waals surface area contributed by atoms with E-state index in [-0.39, 0.29) is 11.4 Å². The van der Waals surface area contributed by atoms with Gasteiger partial charge in [0.15, 0.2) is 0 Å². The van der Waals surface area contributed by atoms with Crippen molar-refractivity contribution in [1.29, 1.82) is 0 Å². The molecule has 0 radical (unpaired) electrons. The Kier molecular flexibility index (Phi) is 8.60. The Morgan fingerprint density at radius 2 is 1.85 bits per heavy atom. The van der Waals surface area contributed by atoms with E-state index < -0.39 is 0 Å². The number of ether oxygens (including phenoxy) is 1. The van der Waals surface area contributed by atoms with Crippen LogP contribution < -0.4 is 0 Å². The normalized spacial score (nSPS) is 39.2. The topological polar surface area (TPSA) is 58.9 Å². The third-order valence-corrected chi connectivity index (χ3v) is 11.0. The number of oxime groups is 1. The molecule has 4 heteroatoms. The fourth-order valence-electron chi connectivity index (χ4n) is 8.90. The highest BCUT2D eigenvalue weighted by Gasteiger charge is 2.59. The van der Waals surface area contributed by atoms with E-state index in [9.17, 15) is 10.0 Å². The van der Waals surface area contributed by atoms with Crippen LogP contribution in [0.5, 0.6) is 0 Å². The summed E-state index contributed by atoms with van der Waals surface area (Å²) in [5, 5.41) is 13.6. The first-order chi connectivity index (χ1) is 15.6. The number of rotatable bonds is 9. The van der Waals surface area contributed by atoms with E-state index >= 15 is 0 Å². The molecule has 4 nitrogen and oxygen atoms in total. The second-order valence-corrected chi connectivity index (χ2v) is 12.7. The van der Waals surface area contributed by atoms with Crippen molar-refractivity contribution < 1.29 is 14.7 Å². The molecule has 3 fully saturated rings. The molecular weight excluding hydrogens is 410 g/mol. The van der Waals surface area contributed by atoms with E-state index in [4.69, 9.17) is 4.74 Å². The molecule has 8 atom stereocenters. The standard InChI is InChI=1S/C29H51NO3/c1-8-21(19(2)3)10-9-20(4)23-12-13-24-22-11-14-26(30-32)29(6,18-16-27(31)33-7)25(22)15-17-28(23,24)5/h19-25,32H,8-18H2,1-7H3/b30-26+/t20-,21-,22+,23-,24+,25+,28-,29-/m1/s1. The van der Waals surface area contributed by atoms with Crippen LogP contribution in [0.25, 0.3) is 0 Å². The maximum absolute atomic E-state index is 12.0. The van der Waals surface area contributed by atoms with Gasteiger partial charge in [-0.1, -0.05) is 59.5 Å². The summed E-state index contributed by atoms with van der Waals surface area (Å²) >= 11 is 0. The minimum Gasteiger partial charge on any atom is -0.469 e. The van der Waals surface area contributed by atoms with Gasteiger partial charge in [0.05, 0.1) is 12.8 Å². The highest BCUT2D eigenvalue weighted by molar-refractivity contribution is 5.91. The van der Waals surface area contributed by atoms with Crippen LogP contribution in [0.4, 0.5) is 0 Å². The third-order valence-electron chi connectivity index (χ3n) is 11.0. The van der Waals surface area contributed by atoms with E-state index in [1.54, 1.807) is 0 Å². The summed E-state index contributed by atoms with van der Waals surface area (Å²) in [5.74, 6) is 5.10. The van der Waals surface area contributed by atoms with Crippen LogP contribution >= 0.6 is 0 Å². The Balaban J connectivity index is 1.74. The molecule has 3 aliphatic rings. The molecule has 0 unspecified atom stereocenters. The van der Waals surface area contributed by atoms with Crippen molar-refractivity contribution in [1.82, 2.24) is 0 Å². The van der Waals surface area contributed by atoms with Gasteiger partial charge in [-0.2, -0.15) is 0 Å². The van der Waals surface area contributed by atoms with Gasteiger partial charge in [-0.25, -0.2) is 0 Å². The first-order valence-corrected chi connectivity index (χ1v) is 13.9. The molecule has 0 aromatic carbocycles. The van der Waals surface area contributed by atoms with Gasteiger partial charge in [-0.3, -0.25) is 4.79 Å². The highest BCUT2D eigenvalue weighted by atomic mass is 16.5. The first-order valence-electron chi connectivity index (χ1n) is 13.9. The van der Waals surface area contributed by atoms with Crippen LogP contribution in [-0.2, 0) is 9.53 Å². The summed E-state index contributed by atoms with van der Waals surface area (Å²) in [5.41, 5.74) is 1.16. The molecule has 0 saturated heterocycles. The first kappa shape index (κ1) is 26.5. The number of methoxy groups -OCH3 is 1. The minimum atomic E-state index is -0.192. The van der Waals surface area contributed by atoms with Gasteiger partial charge in [0.1, 0.15) is 0 Å². The van der Waals surface area contributed by atoms with Crippen LogP contribution in [0.1, 0.15) is 112 Å². The van der Waals surface area contributed by atoms with Crippen molar-refractivity contribution in [2.75, 3.05) is 7.11 Å². The van der Waals surface area contributed by atoms with Crippen LogP contribution in [0.2, 0.25) is 0 Å². The Labute approximate surface area is 203 Å². The number of esters is 1. The van der Waals surface area contributed by atoms with Crippen LogP contribution in [0.3, 0.4) is 0 Å². The Bertz CT molecular complexity index is 703. The van der Waals surface area contributed by atoms with Gasteiger partial charge in [0.2, 0.25) is 0 Å². The molecule has 0 heterocycles. The van der Waals surface area contributed by atoms with Crippen molar-refractivity contribution in [2.45, 2.75) is 112 Å². The maximum Gasteiger partial charge on any atom is 0.305 e. The predicted molar refractivity (Wildman–Crippen MR) is 135 cm³/mol. The summed E-state index contributed by atoms with van der Waals surface area (Å²) in [6, 6.07) is 0. The second kappa shape index (κ2) is 10.7. The van der Waals surface area contributed by atoms with Crippen molar-refractivity contribution in [3.8, 4) is 0 Å². The smallest absolute Gasteiger partial charge is 0.305 e. The van der Waals surface area contributed by atoms with Gasteiger partial charge in [-0.05, 0) is 98.2 Å². The van der Waals surface area contributed by atoms with Crippen molar-refractivity contribution in [2.24, 2.45) is 57.4 Å². The fraction of sp³-hybridized carbons (Fsp3) is 0.931. The lowest BCUT2D eigenvalue weighted by Crippen LogP contribution is -2.52. The molecule has 190 valence electrons. The molecule has 3 rings (SSSR count). The van der Waals surface area contributed by atoms with E-state index in [1.807, 2.05) is 0 Å². The van der Waals surface area contributed by atoms with Gasteiger partial charge >= 0.3 is 5.97 Å². The number of hydrogen-bond acceptors (Lipinski definition) is 4. The molecule has 0 amide bonds. The van der Waals surface area contributed by atoms with Gasteiger partial charge in [0.25, 0.3) is 0 Å². The van der Waals surface area contributed by atoms with Gasteiger partial charge in [-0.15, -0.1) is 0 Å². The van der Waals surface area contributed by atoms with Crippen LogP contribution in [0.15, 0.2) is 5.16 Å². The monoisotopic (exact) mass is 461 g/mol. The highest BCUT2D eigenvalue weighted by Crippen LogP contribution is 2.66. The second-order valence-electron chi connectivity index (χ2n) is 12.7. The van der Waals surface area contributed by atoms with E-state index in [1.165, 1.54) is 52.1 Å². The summed E-state index contributed by atoms with van der Waals surface area (Å²) in [4.78, 5) is 12.0. The van der Waals surface area contributed by atoms with E-state index in [2.05, 4.69) is 46.7 Å². The number of nitrogens with zero attached hydrogens (tertiary/aromatic N) is 1. The Hall–Kier alpha value is -1.06. The average molecular weight is 462 g/mol. The third kappa shape index (κ3) is 5.01. The van der Waals surface area contributed by atoms with Crippen LogP contribution in [0, 0.1) is 52.3 Å². The number of fused-ring (bicyclic) bond motifs is 3. The molecular formula is C29H51NO3. The largest absolute Gasteiger partial charge is 0.469 e. The lowest BCUT2D eigenvalue weighted by molar-refractivity contribution is -0.141. The lowest BCUT2D eigenvalue weighted by atomic mass is 9.47. The van der Waals surface area contributed by atoms with E-state index in [0.29, 0.717) is 23.7 Å². The Morgan fingerprint density at radius 1 is 1.12 bits per heavy atom. The van der Waals surface area contributed by atoms with Crippen molar-refractivity contribution >= 4 is 11.7 Å². The number of hydrogen-bond donors (Lipinski definition) is 1. The number of carbonyl (C=O) groups excluding carboxylic acids is 1. The molecule has 33 heavy (non-hydrogen) atoms. The maximum atomic E-state index is 12.0. The van der Waals surface area contributed by atoms with E-state index in [0.717, 1.165) is 54.6 Å². The SMILES string of the molecule is CC[C@H](CC[C@@H](C)[C@H]1CC[C@H]2[C@@H]3CC/C(=N\O)[C@](C)(CCC(=O)OC)[C@H]3CC[C@]12C)C(C)C. The fourth-order valence-corrected chi connectivity index (χ4v) is 8.90. The van der Waals surface area contributed by atoms with Gasteiger partial charge in [0, 0.05) is 11.8 Å². The molecule has 3 saturated carbocycles. The zero-order valence-corrected chi connectivity index (χ0v) is 22.5. The zero-order chi connectivity index (χ0) is 24.4. The summed E-state index contributed by atoms with van der Waals surface area (Å²) in [7, 11) is 1.46. The molecule has 0 spiro atoms. The molecule has 0 aromatic rings. The molecule has 0 bridgehead atoms. The molecule has 3 aliphatic carbocycles. The summed E-state index contributed by atoms with van der Waals surface area (Å²) in [6.45, 7) is 14.5. The summed E-state index contributed by atoms with van der Waals surface area (Å²) in [6.07, 6.45) is 12.4. The van der Waals surface area contributed by atoms with Crippen molar-refractivity contribution in [3.05, 3.63) is 0 Å². The average Bonchev–Trinajstić information content (AvgIpc) is 3.15. The molecule has 1 N–H and O–H groups in total. The molecule has 0 aliphatic heterocycles. The Morgan fingerprint density at radius 3 is 2.45 bits per heavy atom. The quantitative estimate of drug-likeness (QED) is 0.217. The predicted octanol–water partition coefficient (Wildman–Crippen LogP) is 7.73. The zero-order valence-electron chi connectivity index (χ0n) is 22.5. The summed E-state index contributed by atoms with van der Waals surface area (Å²) < 4.78 is 4.94.